The molecular formula is C27H28N4O4. The average Bonchev–Trinajstić information content (AvgIpc) is 3.54. The van der Waals surface area contributed by atoms with Crippen LogP contribution in [-0.2, 0) is 4.74 Å². The Bertz CT molecular complexity index is 1280. The van der Waals surface area contributed by atoms with Gasteiger partial charge in [-0.15, -0.1) is 0 Å². The molecule has 8 nitrogen and oxygen atoms in total. The van der Waals surface area contributed by atoms with Gasteiger partial charge in [0.1, 0.15) is 34.7 Å². The summed E-state index contributed by atoms with van der Waals surface area (Å²) in [7, 11) is 1.64. The lowest BCUT2D eigenvalue weighted by molar-refractivity contribution is 0.0793. The molecule has 1 atom stereocenters. The number of imidazole rings is 1. The van der Waals surface area contributed by atoms with Crippen LogP contribution < -0.4 is 9.47 Å². The van der Waals surface area contributed by atoms with Crippen molar-refractivity contribution in [1.29, 1.82) is 0 Å². The number of likely N-dealkylation sites (tertiary alicyclic amines) is 1. The second-order valence-corrected chi connectivity index (χ2v) is 8.66. The Morgan fingerprint density at radius 1 is 1.06 bits per heavy atom. The number of methoxy groups -OCH3 is 1. The quantitative estimate of drug-likeness (QED) is 0.385. The van der Waals surface area contributed by atoms with Crippen molar-refractivity contribution in [1.82, 2.24) is 19.9 Å². The molecule has 5 rings (SSSR count). The van der Waals surface area contributed by atoms with Crippen molar-refractivity contribution < 1.29 is 19.0 Å². The lowest BCUT2D eigenvalue weighted by atomic mass is 10.1. The Morgan fingerprint density at radius 2 is 1.83 bits per heavy atom. The first-order chi connectivity index (χ1) is 17.1. The molecule has 8 heteroatoms. The van der Waals surface area contributed by atoms with Gasteiger partial charge in [-0.25, -0.2) is 9.97 Å². The third-order valence-corrected chi connectivity index (χ3v) is 5.88. The molecule has 0 spiro atoms. The summed E-state index contributed by atoms with van der Waals surface area (Å²) in [5, 5.41) is 0. The van der Waals surface area contributed by atoms with Crippen LogP contribution in [0.3, 0.4) is 0 Å². The van der Waals surface area contributed by atoms with Crippen molar-refractivity contribution in [3.63, 3.8) is 0 Å². The summed E-state index contributed by atoms with van der Waals surface area (Å²) in [5.74, 6) is 2.59. The summed E-state index contributed by atoms with van der Waals surface area (Å²) in [6.07, 6.45) is 3.72. The van der Waals surface area contributed by atoms with E-state index in [9.17, 15) is 4.79 Å². The second-order valence-electron chi connectivity index (χ2n) is 8.66. The molecule has 1 saturated heterocycles. The number of nitrogens with one attached hydrogen (secondary N) is 1. The van der Waals surface area contributed by atoms with Crippen molar-refractivity contribution in [3.05, 3.63) is 66.4 Å². The molecular weight excluding hydrogens is 444 g/mol. The Labute approximate surface area is 203 Å². The first-order valence-corrected chi connectivity index (χ1v) is 11.8. The number of nitrogens with zero attached hydrogens (tertiary/aromatic N) is 3. The van der Waals surface area contributed by atoms with Gasteiger partial charge in [0, 0.05) is 43.6 Å². The maximum Gasteiger partial charge on any atom is 0.253 e. The zero-order valence-corrected chi connectivity index (χ0v) is 19.9. The SMILES string of the molecule is COCC(C)Oc1cc(Oc2ccc(C(=O)N3CCCC3)cc2)cc(-c2nc3cccnc3[nH]2)c1. The Morgan fingerprint density at radius 3 is 2.57 bits per heavy atom. The summed E-state index contributed by atoms with van der Waals surface area (Å²) in [5.41, 5.74) is 2.96. The molecule has 2 aromatic carbocycles. The van der Waals surface area contributed by atoms with Crippen LogP contribution in [0.1, 0.15) is 30.1 Å². The van der Waals surface area contributed by atoms with E-state index in [0.717, 1.165) is 37.0 Å². The number of hydrogen-bond acceptors (Lipinski definition) is 6. The minimum absolute atomic E-state index is 0.0670. The molecule has 1 unspecified atom stereocenters. The highest BCUT2D eigenvalue weighted by molar-refractivity contribution is 5.94. The zero-order chi connectivity index (χ0) is 24.2. The number of rotatable bonds is 8. The van der Waals surface area contributed by atoms with Gasteiger partial charge in [-0.2, -0.15) is 0 Å². The Balaban J connectivity index is 1.42. The van der Waals surface area contributed by atoms with E-state index in [0.29, 0.717) is 40.9 Å². The van der Waals surface area contributed by atoms with E-state index >= 15 is 0 Å². The van der Waals surface area contributed by atoms with Gasteiger partial charge in [-0.05, 0) is 68.3 Å². The van der Waals surface area contributed by atoms with Crippen molar-refractivity contribution in [2.45, 2.75) is 25.9 Å². The number of aromatic amines is 1. The molecule has 1 aliphatic rings. The maximum atomic E-state index is 12.6. The minimum atomic E-state index is -0.142. The maximum absolute atomic E-state index is 12.6. The number of carbonyl (C=O) groups excluding carboxylic acids is 1. The van der Waals surface area contributed by atoms with E-state index in [-0.39, 0.29) is 12.0 Å². The van der Waals surface area contributed by atoms with E-state index in [1.807, 2.05) is 66.4 Å². The lowest BCUT2D eigenvalue weighted by Crippen LogP contribution is -2.27. The molecule has 2 aromatic heterocycles. The van der Waals surface area contributed by atoms with Crippen molar-refractivity contribution >= 4 is 17.1 Å². The fraction of sp³-hybridized carbons (Fsp3) is 0.296. The highest BCUT2D eigenvalue weighted by Crippen LogP contribution is 2.33. The molecule has 0 saturated carbocycles. The van der Waals surface area contributed by atoms with E-state index in [2.05, 4.69) is 15.0 Å². The van der Waals surface area contributed by atoms with Crippen molar-refractivity contribution in [3.8, 4) is 28.6 Å². The molecule has 0 bridgehead atoms. The number of ether oxygens (including phenoxy) is 3. The third-order valence-electron chi connectivity index (χ3n) is 5.88. The monoisotopic (exact) mass is 472 g/mol. The van der Waals surface area contributed by atoms with Crippen LogP contribution in [0.25, 0.3) is 22.6 Å². The van der Waals surface area contributed by atoms with Gasteiger partial charge in [0.15, 0.2) is 5.65 Å². The fourth-order valence-corrected chi connectivity index (χ4v) is 4.22. The van der Waals surface area contributed by atoms with E-state index in [4.69, 9.17) is 14.2 Å². The third kappa shape index (κ3) is 5.27. The number of benzene rings is 2. The molecule has 180 valence electrons. The first-order valence-electron chi connectivity index (χ1n) is 11.8. The first kappa shape index (κ1) is 22.9. The summed E-state index contributed by atoms with van der Waals surface area (Å²) in [6.45, 7) is 4.05. The summed E-state index contributed by atoms with van der Waals surface area (Å²) >= 11 is 0. The topological polar surface area (TPSA) is 89.6 Å². The number of H-pyrrole nitrogens is 1. The number of pyridine rings is 1. The summed E-state index contributed by atoms with van der Waals surface area (Å²) in [4.78, 5) is 26.8. The van der Waals surface area contributed by atoms with E-state index < -0.39 is 0 Å². The van der Waals surface area contributed by atoms with Gasteiger partial charge in [0.05, 0.1) is 6.61 Å². The molecule has 4 aromatic rings. The predicted octanol–water partition coefficient (Wildman–Crippen LogP) is 5.07. The number of hydrogen-bond donors (Lipinski definition) is 1. The normalized spacial score (nSPS) is 14.3. The van der Waals surface area contributed by atoms with E-state index in [1.165, 1.54) is 0 Å². The predicted molar refractivity (Wildman–Crippen MR) is 133 cm³/mol. The van der Waals surface area contributed by atoms with Gasteiger partial charge in [0.25, 0.3) is 5.91 Å². The molecule has 3 heterocycles. The van der Waals surface area contributed by atoms with Gasteiger partial charge >= 0.3 is 0 Å². The molecule has 0 aliphatic carbocycles. The molecule has 35 heavy (non-hydrogen) atoms. The zero-order valence-electron chi connectivity index (χ0n) is 19.9. The van der Waals surface area contributed by atoms with Crippen LogP contribution in [0.15, 0.2) is 60.8 Å². The number of carbonyl (C=O) groups is 1. The highest BCUT2D eigenvalue weighted by atomic mass is 16.5. The van der Waals surface area contributed by atoms with Gasteiger partial charge in [-0.1, -0.05) is 0 Å². The van der Waals surface area contributed by atoms with Crippen LogP contribution in [0.2, 0.25) is 0 Å². The molecule has 1 fully saturated rings. The second kappa shape index (κ2) is 10.1. The van der Waals surface area contributed by atoms with Gasteiger partial charge in [0.2, 0.25) is 0 Å². The van der Waals surface area contributed by atoms with Gasteiger partial charge < -0.3 is 24.1 Å². The largest absolute Gasteiger partial charge is 0.488 e. The number of aromatic nitrogens is 3. The molecule has 1 aliphatic heterocycles. The van der Waals surface area contributed by atoms with E-state index in [1.54, 1.807) is 13.3 Å². The fourth-order valence-electron chi connectivity index (χ4n) is 4.22. The van der Waals surface area contributed by atoms with Crippen LogP contribution in [0, 0.1) is 0 Å². The van der Waals surface area contributed by atoms with Crippen LogP contribution in [-0.4, -0.2) is 58.7 Å². The van der Waals surface area contributed by atoms with Gasteiger partial charge in [-0.3, -0.25) is 4.79 Å². The van der Waals surface area contributed by atoms with Crippen LogP contribution >= 0.6 is 0 Å². The summed E-state index contributed by atoms with van der Waals surface area (Å²) < 4.78 is 17.4. The Kier molecular flexibility index (Phi) is 6.63. The minimum Gasteiger partial charge on any atom is -0.488 e. The van der Waals surface area contributed by atoms with Crippen LogP contribution in [0.4, 0.5) is 0 Å². The molecule has 0 radical (unpaired) electrons. The van der Waals surface area contributed by atoms with Crippen molar-refractivity contribution in [2.24, 2.45) is 0 Å². The molecule has 1 amide bonds. The van der Waals surface area contributed by atoms with Crippen molar-refractivity contribution in [2.75, 3.05) is 26.8 Å². The van der Waals surface area contributed by atoms with Crippen LogP contribution in [0.5, 0.6) is 17.2 Å². The lowest BCUT2D eigenvalue weighted by Gasteiger charge is -2.17. The average molecular weight is 473 g/mol. The Hall–Kier alpha value is -3.91. The standard InChI is InChI=1S/C27H28N4O4/c1-18(17-33-2)34-22-14-20(25-29-24-6-5-11-28-26(24)30-25)15-23(16-22)35-21-9-7-19(8-10-21)27(32)31-12-3-4-13-31/h5-11,14-16,18H,3-4,12-13,17H2,1-2H3,(H,28,29,30). The number of fused-ring (bicyclic) bond motifs is 1. The smallest absolute Gasteiger partial charge is 0.253 e. The summed E-state index contributed by atoms with van der Waals surface area (Å²) in [6, 6.07) is 16.6. The number of amides is 1. The highest BCUT2D eigenvalue weighted by Gasteiger charge is 2.19. The molecule has 1 N–H and O–H groups in total.